The number of nitrogens with zero attached hydrogens (tertiary/aromatic N) is 4. The zero-order valence-electron chi connectivity index (χ0n) is 13.1. The SMILES string of the molecule is COc1nccc(OC2CCN(C(=O)c3ccc(=O)[nH]n3)CC2)n1. The Labute approximate surface area is 137 Å². The molecule has 0 aliphatic carbocycles. The molecule has 9 heteroatoms. The molecule has 0 atom stereocenters. The second kappa shape index (κ2) is 7.07. The monoisotopic (exact) mass is 331 g/mol. The van der Waals surface area contributed by atoms with Crippen LogP contribution in [0.2, 0.25) is 0 Å². The first-order chi connectivity index (χ1) is 11.7. The van der Waals surface area contributed by atoms with E-state index < -0.39 is 0 Å². The van der Waals surface area contributed by atoms with Crippen LogP contribution in [0.1, 0.15) is 23.3 Å². The molecule has 0 bridgehead atoms. The van der Waals surface area contributed by atoms with Crippen LogP contribution < -0.4 is 15.0 Å². The van der Waals surface area contributed by atoms with Gasteiger partial charge in [-0.25, -0.2) is 10.1 Å². The van der Waals surface area contributed by atoms with Crippen LogP contribution in [0, 0.1) is 0 Å². The van der Waals surface area contributed by atoms with Crippen LogP contribution in [0.25, 0.3) is 0 Å². The summed E-state index contributed by atoms with van der Waals surface area (Å²) in [5, 5.41) is 6.04. The molecule has 1 saturated heterocycles. The van der Waals surface area contributed by atoms with Crippen LogP contribution in [0.4, 0.5) is 0 Å². The Kier molecular flexibility index (Phi) is 4.69. The van der Waals surface area contributed by atoms with E-state index in [-0.39, 0.29) is 29.3 Å². The zero-order chi connectivity index (χ0) is 16.9. The van der Waals surface area contributed by atoms with E-state index in [1.165, 1.54) is 19.2 Å². The smallest absolute Gasteiger partial charge is 0.319 e. The summed E-state index contributed by atoms with van der Waals surface area (Å²) in [7, 11) is 1.49. The third kappa shape index (κ3) is 3.67. The predicted molar refractivity (Wildman–Crippen MR) is 83.0 cm³/mol. The molecule has 2 aromatic heterocycles. The molecule has 1 N–H and O–H groups in total. The lowest BCUT2D eigenvalue weighted by Gasteiger charge is -2.31. The zero-order valence-corrected chi connectivity index (χ0v) is 13.1. The van der Waals surface area contributed by atoms with Crippen LogP contribution in [0.5, 0.6) is 11.9 Å². The number of nitrogens with one attached hydrogen (secondary N) is 1. The van der Waals surface area contributed by atoms with Gasteiger partial charge < -0.3 is 14.4 Å². The van der Waals surface area contributed by atoms with Crippen LogP contribution in [0.3, 0.4) is 0 Å². The minimum atomic E-state index is -0.334. The number of carbonyl (C=O) groups is 1. The number of hydrogen-bond acceptors (Lipinski definition) is 7. The molecule has 3 rings (SSSR count). The van der Waals surface area contributed by atoms with Gasteiger partial charge in [0.25, 0.3) is 11.5 Å². The maximum absolute atomic E-state index is 12.3. The average molecular weight is 331 g/mol. The molecular weight excluding hydrogens is 314 g/mol. The van der Waals surface area contributed by atoms with Crippen LogP contribution in [-0.4, -0.2) is 57.3 Å². The highest BCUT2D eigenvalue weighted by Gasteiger charge is 2.25. The van der Waals surface area contributed by atoms with E-state index in [9.17, 15) is 9.59 Å². The summed E-state index contributed by atoms with van der Waals surface area (Å²) < 4.78 is 10.8. The van der Waals surface area contributed by atoms with Crippen molar-refractivity contribution in [2.75, 3.05) is 20.2 Å². The number of carbonyl (C=O) groups excluding carboxylic acids is 1. The lowest BCUT2D eigenvalue weighted by Crippen LogP contribution is -2.42. The Morgan fingerprint density at radius 3 is 2.75 bits per heavy atom. The van der Waals surface area contributed by atoms with E-state index in [0.29, 0.717) is 31.8 Å². The van der Waals surface area contributed by atoms with Gasteiger partial charge in [0.2, 0.25) is 5.88 Å². The maximum atomic E-state index is 12.3. The topological polar surface area (TPSA) is 110 Å². The highest BCUT2D eigenvalue weighted by Crippen LogP contribution is 2.19. The van der Waals surface area contributed by atoms with Gasteiger partial charge in [0.1, 0.15) is 11.8 Å². The van der Waals surface area contributed by atoms with E-state index in [1.54, 1.807) is 17.2 Å². The molecule has 126 valence electrons. The first kappa shape index (κ1) is 15.9. The molecule has 1 aliphatic heterocycles. The van der Waals surface area contributed by atoms with Gasteiger partial charge >= 0.3 is 6.01 Å². The molecule has 24 heavy (non-hydrogen) atoms. The van der Waals surface area contributed by atoms with Gasteiger partial charge in [-0.05, 0) is 6.07 Å². The summed E-state index contributed by atoms with van der Waals surface area (Å²) in [6, 6.07) is 4.64. The standard InChI is InChI=1S/C15H17N5O4/c1-23-15-16-7-4-13(17-15)24-10-5-8-20(9-6-10)14(22)11-2-3-12(21)19-18-11/h2-4,7,10H,5-6,8-9H2,1H3,(H,19,21). The molecule has 0 unspecified atom stereocenters. The minimum Gasteiger partial charge on any atom is -0.474 e. The van der Waals surface area contributed by atoms with Gasteiger partial charge in [-0.1, -0.05) is 0 Å². The Morgan fingerprint density at radius 1 is 1.29 bits per heavy atom. The second-order valence-electron chi connectivity index (χ2n) is 5.30. The van der Waals surface area contributed by atoms with Crippen LogP contribution in [0.15, 0.2) is 29.2 Å². The number of piperidine rings is 1. The van der Waals surface area contributed by atoms with Crippen LogP contribution >= 0.6 is 0 Å². The quantitative estimate of drug-likeness (QED) is 0.855. The Balaban J connectivity index is 1.56. The molecule has 0 spiro atoms. The number of likely N-dealkylation sites (tertiary alicyclic amines) is 1. The van der Waals surface area contributed by atoms with Crippen molar-refractivity contribution in [3.8, 4) is 11.9 Å². The van der Waals surface area contributed by atoms with Crippen molar-refractivity contribution in [3.05, 3.63) is 40.4 Å². The van der Waals surface area contributed by atoms with Gasteiger partial charge in [-0.15, -0.1) is 0 Å². The fraction of sp³-hybridized carbons (Fsp3) is 0.400. The first-order valence-corrected chi connectivity index (χ1v) is 7.54. The molecule has 9 nitrogen and oxygen atoms in total. The van der Waals surface area contributed by atoms with E-state index in [2.05, 4.69) is 20.2 Å². The van der Waals surface area contributed by atoms with Crippen molar-refractivity contribution in [2.45, 2.75) is 18.9 Å². The first-order valence-electron chi connectivity index (χ1n) is 7.54. The highest BCUT2D eigenvalue weighted by atomic mass is 16.5. The van der Waals surface area contributed by atoms with E-state index in [0.717, 1.165) is 0 Å². The van der Waals surface area contributed by atoms with E-state index in [4.69, 9.17) is 9.47 Å². The molecule has 0 aromatic carbocycles. The Bertz CT molecular complexity index is 750. The van der Waals surface area contributed by atoms with Gasteiger partial charge in [0.05, 0.1) is 7.11 Å². The second-order valence-corrected chi connectivity index (χ2v) is 5.30. The predicted octanol–water partition coefficient (Wildman–Crippen LogP) is 0.252. The number of amides is 1. The molecule has 0 saturated carbocycles. The van der Waals surface area contributed by atoms with Crippen molar-refractivity contribution in [2.24, 2.45) is 0 Å². The average Bonchev–Trinajstić information content (AvgIpc) is 2.62. The van der Waals surface area contributed by atoms with Crippen molar-refractivity contribution in [1.29, 1.82) is 0 Å². The third-order valence-corrected chi connectivity index (χ3v) is 3.71. The number of rotatable bonds is 4. The van der Waals surface area contributed by atoms with Crippen molar-refractivity contribution < 1.29 is 14.3 Å². The largest absolute Gasteiger partial charge is 0.474 e. The van der Waals surface area contributed by atoms with Gasteiger partial charge in [0.15, 0.2) is 0 Å². The summed E-state index contributed by atoms with van der Waals surface area (Å²) in [5.74, 6) is 0.252. The fourth-order valence-electron chi connectivity index (χ4n) is 2.46. The Morgan fingerprint density at radius 2 is 2.08 bits per heavy atom. The molecule has 2 aromatic rings. The molecule has 1 fully saturated rings. The number of hydrogen-bond donors (Lipinski definition) is 1. The maximum Gasteiger partial charge on any atom is 0.319 e. The van der Waals surface area contributed by atoms with Gasteiger partial charge in [-0.2, -0.15) is 10.1 Å². The lowest BCUT2D eigenvalue weighted by atomic mass is 10.1. The minimum absolute atomic E-state index is 0.0304. The summed E-state index contributed by atoms with van der Waals surface area (Å²) in [4.78, 5) is 33.1. The molecule has 3 heterocycles. The third-order valence-electron chi connectivity index (χ3n) is 3.71. The molecule has 0 radical (unpaired) electrons. The molecule has 1 amide bonds. The van der Waals surface area contributed by atoms with Crippen LogP contribution in [-0.2, 0) is 0 Å². The molecule has 1 aliphatic rings. The van der Waals surface area contributed by atoms with E-state index >= 15 is 0 Å². The summed E-state index contributed by atoms with van der Waals surface area (Å²) in [6.07, 6.45) is 2.90. The normalized spacial score (nSPS) is 15.1. The van der Waals surface area contributed by atoms with Gasteiger partial charge in [0, 0.05) is 44.3 Å². The number of ether oxygens (including phenoxy) is 2. The van der Waals surface area contributed by atoms with Crippen molar-refractivity contribution >= 4 is 5.91 Å². The lowest BCUT2D eigenvalue weighted by molar-refractivity contribution is 0.0580. The summed E-state index contributed by atoms with van der Waals surface area (Å²) in [6.45, 7) is 1.10. The number of aromatic amines is 1. The van der Waals surface area contributed by atoms with Gasteiger partial charge in [-0.3, -0.25) is 9.59 Å². The number of methoxy groups -OCH3 is 1. The highest BCUT2D eigenvalue weighted by molar-refractivity contribution is 5.92. The number of aromatic nitrogens is 4. The summed E-state index contributed by atoms with van der Waals surface area (Å²) >= 11 is 0. The summed E-state index contributed by atoms with van der Waals surface area (Å²) in [5.41, 5.74) is -0.103. The number of H-pyrrole nitrogens is 1. The van der Waals surface area contributed by atoms with Crippen molar-refractivity contribution in [3.63, 3.8) is 0 Å². The molecular formula is C15H17N5O4. The van der Waals surface area contributed by atoms with E-state index in [1.807, 2.05) is 0 Å². The fourth-order valence-corrected chi connectivity index (χ4v) is 2.46. The Hall–Kier alpha value is -2.97. The van der Waals surface area contributed by atoms with Crippen molar-refractivity contribution in [1.82, 2.24) is 25.1 Å².